The Bertz CT molecular complexity index is 290. The van der Waals surface area contributed by atoms with Crippen LogP contribution in [0.4, 0.5) is 0 Å². The molecule has 1 rings (SSSR count). The summed E-state index contributed by atoms with van der Waals surface area (Å²) in [5.74, 6) is -1.64. The lowest BCUT2D eigenvalue weighted by Gasteiger charge is -2.02. The van der Waals surface area contributed by atoms with Gasteiger partial charge in [-0.3, -0.25) is 5.73 Å². The minimum absolute atomic E-state index is 0.486. The molecule has 2 N–H and O–H groups in total. The monoisotopic (exact) mass is 213 g/mol. The molecule has 1 aliphatic heterocycles. The Hall–Kier alpha value is -1.95. The standard InChI is InChI=1S/C5H9NO2.C4H2O3/c1-3-5(7)8-4(2)6;5-3-1-2-4(6)7-3/h3-4H,1,6H2,2H3;1-2H. The number of ether oxygens (including phenoxy) is 2. The van der Waals surface area contributed by atoms with Crippen molar-refractivity contribution in [1.29, 1.82) is 0 Å². The predicted molar refractivity (Wildman–Crippen MR) is 50.2 cm³/mol. The molecular formula is C9H11NO5. The molecule has 6 nitrogen and oxygen atoms in total. The third kappa shape index (κ3) is 7.15. The molecule has 0 radical (unpaired) electrons. The Morgan fingerprint density at radius 1 is 1.53 bits per heavy atom. The Labute approximate surface area is 86.3 Å². The Balaban J connectivity index is 0.000000262. The number of nitrogens with two attached hydrogens (primary N) is 1. The first-order valence-electron chi connectivity index (χ1n) is 3.98. The van der Waals surface area contributed by atoms with Crippen LogP contribution in [-0.2, 0) is 23.9 Å². The van der Waals surface area contributed by atoms with E-state index in [9.17, 15) is 14.4 Å². The molecule has 0 saturated heterocycles. The number of cyclic esters (lactones) is 2. The summed E-state index contributed by atoms with van der Waals surface area (Å²) in [4.78, 5) is 30.0. The molecule has 0 spiro atoms. The number of rotatable bonds is 2. The van der Waals surface area contributed by atoms with Crippen LogP contribution in [0.1, 0.15) is 6.92 Å². The number of esters is 3. The quantitative estimate of drug-likeness (QED) is 0.291. The summed E-state index contributed by atoms with van der Waals surface area (Å²) in [6, 6.07) is 0. The molecule has 1 unspecified atom stereocenters. The first kappa shape index (κ1) is 13.1. The number of hydrogen-bond acceptors (Lipinski definition) is 6. The highest BCUT2D eigenvalue weighted by Crippen LogP contribution is 1.92. The van der Waals surface area contributed by atoms with Gasteiger partial charge >= 0.3 is 17.9 Å². The highest BCUT2D eigenvalue weighted by atomic mass is 16.6. The van der Waals surface area contributed by atoms with Crippen LogP contribution in [0.15, 0.2) is 24.8 Å². The molecule has 0 fully saturated rings. The van der Waals surface area contributed by atoms with Crippen molar-refractivity contribution < 1.29 is 23.9 Å². The highest BCUT2D eigenvalue weighted by Gasteiger charge is 2.10. The third-order valence-corrected chi connectivity index (χ3v) is 1.03. The summed E-state index contributed by atoms with van der Waals surface area (Å²) in [6.07, 6.45) is 2.70. The van der Waals surface area contributed by atoms with Crippen LogP contribution in [0.25, 0.3) is 0 Å². The second-order valence-electron chi connectivity index (χ2n) is 2.42. The number of carbonyl (C=O) groups excluding carboxylic acids is 3. The summed E-state index contributed by atoms with van der Waals surface area (Å²) in [5, 5.41) is 0. The van der Waals surface area contributed by atoms with Gasteiger partial charge in [-0.2, -0.15) is 0 Å². The maximum absolute atomic E-state index is 10.2. The molecule has 1 aliphatic rings. The second kappa shape index (κ2) is 6.50. The summed E-state index contributed by atoms with van der Waals surface area (Å²) in [6.45, 7) is 4.75. The lowest BCUT2D eigenvalue weighted by atomic mass is 10.6. The van der Waals surface area contributed by atoms with Crippen molar-refractivity contribution in [2.45, 2.75) is 13.2 Å². The maximum atomic E-state index is 10.2. The van der Waals surface area contributed by atoms with Gasteiger partial charge in [0.15, 0.2) is 0 Å². The van der Waals surface area contributed by atoms with E-state index < -0.39 is 24.1 Å². The van der Waals surface area contributed by atoms with E-state index in [0.29, 0.717) is 0 Å². The molecule has 0 aromatic heterocycles. The van der Waals surface area contributed by atoms with Crippen molar-refractivity contribution in [3.63, 3.8) is 0 Å². The fraction of sp³-hybridized carbons (Fsp3) is 0.222. The summed E-state index contributed by atoms with van der Waals surface area (Å²) in [5.41, 5.74) is 5.08. The Morgan fingerprint density at radius 3 is 2.13 bits per heavy atom. The van der Waals surface area contributed by atoms with E-state index in [1.165, 1.54) is 0 Å². The van der Waals surface area contributed by atoms with Crippen LogP contribution in [0.2, 0.25) is 0 Å². The smallest absolute Gasteiger partial charge is 0.338 e. The largest absolute Gasteiger partial charge is 0.444 e. The lowest BCUT2D eigenvalue weighted by Crippen LogP contribution is -2.21. The average molecular weight is 213 g/mol. The fourth-order valence-electron chi connectivity index (χ4n) is 0.535. The molecule has 0 bridgehead atoms. The minimum atomic E-state index is -0.579. The molecule has 82 valence electrons. The molecule has 0 aromatic rings. The van der Waals surface area contributed by atoms with Crippen LogP contribution in [-0.4, -0.2) is 24.1 Å². The van der Waals surface area contributed by atoms with Crippen LogP contribution in [0, 0.1) is 0 Å². The summed E-state index contributed by atoms with van der Waals surface area (Å²) < 4.78 is 8.39. The molecule has 6 heteroatoms. The van der Waals surface area contributed by atoms with Crippen LogP contribution in [0.3, 0.4) is 0 Å². The van der Waals surface area contributed by atoms with E-state index in [-0.39, 0.29) is 0 Å². The van der Waals surface area contributed by atoms with Crippen LogP contribution in [0.5, 0.6) is 0 Å². The van der Waals surface area contributed by atoms with Crippen molar-refractivity contribution in [1.82, 2.24) is 0 Å². The SMILES string of the molecule is C=CC(=O)OC(C)N.O=C1C=CC(=O)O1. The van der Waals surface area contributed by atoms with E-state index >= 15 is 0 Å². The predicted octanol–water partition coefficient (Wildman–Crippen LogP) is -0.354. The lowest BCUT2D eigenvalue weighted by molar-refractivity contribution is -0.150. The zero-order chi connectivity index (χ0) is 11.8. The summed E-state index contributed by atoms with van der Waals surface area (Å²) in [7, 11) is 0. The van der Waals surface area contributed by atoms with E-state index in [1.807, 2.05) is 0 Å². The van der Waals surface area contributed by atoms with E-state index in [1.54, 1.807) is 6.92 Å². The highest BCUT2D eigenvalue weighted by molar-refractivity contribution is 6.04. The van der Waals surface area contributed by atoms with Crippen molar-refractivity contribution in [2.75, 3.05) is 0 Å². The zero-order valence-corrected chi connectivity index (χ0v) is 8.14. The molecular weight excluding hydrogens is 202 g/mol. The third-order valence-electron chi connectivity index (χ3n) is 1.03. The van der Waals surface area contributed by atoms with Gasteiger partial charge in [-0.25, -0.2) is 14.4 Å². The molecule has 0 aliphatic carbocycles. The molecule has 0 amide bonds. The second-order valence-corrected chi connectivity index (χ2v) is 2.42. The van der Waals surface area contributed by atoms with Gasteiger partial charge in [0.1, 0.15) is 6.23 Å². The average Bonchev–Trinajstić information content (AvgIpc) is 2.49. The van der Waals surface area contributed by atoms with Crippen molar-refractivity contribution in [3.05, 3.63) is 24.8 Å². The first-order valence-corrected chi connectivity index (χ1v) is 3.98. The zero-order valence-electron chi connectivity index (χ0n) is 8.14. The van der Waals surface area contributed by atoms with Crippen molar-refractivity contribution >= 4 is 17.9 Å². The van der Waals surface area contributed by atoms with Gasteiger partial charge in [-0.05, 0) is 6.92 Å². The normalized spacial score (nSPS) is 14.8. The number of carbonyl (C=O) groups is 3. The van der Waals surface area contributed by atoms with Gasteiger partial charge in [0.05, 0.1) is 0 Å². The van der Waals surface area contributed by atoms with Crippen LogP contribution >= 0.6 is 0 Å². The first-order chi connectivity index (χ1) is 6.95. The minimum Gasteiger partial charge on any atom is -0.444 e. The topological polar surface area (TPSA) is 95.7 Å². The molecule has 15 heavy (non-hydrogen) atoms. The van der Waals surface area contributed by atoms with Gasteiger partial charge in [0.2, 0.25) is 0 Å². The number of hydrogen-bond donors (Lipinski definition) is 1. The fourth-order valence-corrected chi connectivity index (χ4v) is 0.535. The maximum Gasteiger partial charge on any atom is 0.338 e. The molecule has 0 aromatic carbocycles. The van der Waals surface area contributed by atoms with Gasteiger partial charge in [0.25, 0.3) is 0 Å². The van der Waals surface area contributed by atoms with Gasteiger partial charge < -0.3 is 9.47 Å². The summed E-state index contributed by atoms with van der Waals surface area (Å²) >= 11 is 0. The van der Waals surface area contributed by atoms with Crippen molar-refractivity contribution in [2.24, 2.45) is 5.73 Å². The van der Waals surface area contributed by atoms with Gasteiger partial charge in [-0.15, -0.1) is 0 Å². The Morgan fingerprint density at radius 2 is 2.00 bits per heavy atom. The van der Waals surface area contributed by atoms with Gasteiger partial charge in [-0.1, -0.05) is 6.58 Å². The van der Waals surface area contributed by atoms with Crippen molar-refractivity contribution in [3.8, 4) is 0 Å². The van der Waals surface area contributed by atoms with E-state index in [2.05, 4.69) is 16.1 Å². The van der Waals surface area contributed by atoms with Gasteiger partial charge in [0, 0.05) is 18.2 Å². The molecule has 1 heterocycles. The van der Waals surface area contributed by atoms with Crippen LogP contribution < -0.4 is 5.73 Å². The van der Waals surface area contributed by atoms with E-state index in [0.717, 1.165) is 18.2 Å². The Kier molecular flexibility index (Phi) is 5.65. The van der Waals surface area contributed by atoms with E-state index in [4.69, 9.17) is 5.73 Å². The molecule has 1 atom stereocenters. The molecule has 0 saturated carbocycles.